The topological polar surface area (TPSA) is 55.1 Å². The minimum absolute atomic E-state index is 0.153. The molecule has 6 heteroatoms. The molecule has 0 bridgehead atoms. The van der Waals surface area contributed by atoms with Gasteiger partial charge in [-0.3, -0.25) is 4.79 Å². The van der Waals surface area contributed by atoms with Gasteiger partial charge in [0.2, 0.25) is 0 Å². The van der Waals surface area contributed by atoms with Crippen molar-refractivity contribution in [3.8, 4) is 11.4 Å². The standard InChI is InChI=1S/C15H10BrClN2O2/c16-10-5-9(6-11(17)7-10)15-18-12-3-1-2-4-13(12)19(15)8-14(20)21/h1-7H,8H2,(H,20,21). The van der Waals surface area contributed by atoms with Gasteiger partial charge >= 0.3 is 5.97 Å². The molecule has 106 valence electrons. The van der Waals surface area contributed by atoms with Gasteiger partial charge in [0.1, 0.15) is 12.4 Å². The number of carbonyl (C=O) groups is 1. The van der Waals surface area contributed by atoms with Crippen LogP contribution in [0.5, 0.6) is 0 Å². The maximum atomic E-state index is 11.1. The summed E-state index contributed by atoms with van der Waals surface area (Å²) in [6.45, 7) is -0.153. The molecule has 21 heavy (non-hydrogen) atoms. The van der Waals surface area contributed by atoms with E-state index in [-0.39, 0.29) is 6.54 Å². The van der Waals surface area contributed by atoms with Gasteiger partial charge in [-0.1, -0.05) is 39.7 Å². The Morgan fingerprint density at radius 2 is 2.05 bits per heavy atom. The lowest BCUT2D eigenvalue weighted by molar-refractivity contribution is -0.137. The number of aliphatic carboxylic acids is 1. The lowest BCUT2D eigenvalue weighted by Gasteiger charge is -2.07. The molecule has 3 aromatic rings. The van der Waals surface area contributed by atoms with E-state index in [0.717, 1.165) is 21.1 Å². The van der Waals surface area contributed by atoms with Crippen LogP contribution in [0.15, 0.2) is 46.9 Å². The summed E-state index contributed by atoms with van der Waals surface area (Å²) in [6, 6.07) is 12.9. The van der Waals surface area contributed by atoms with Gasteiger partial charge in [0, 0.05) is 15.1 Å². The molecule has 0 saturated carbocycles. The van der Waals surface area contributed by atoms with Gasteiger partial charge in [-0.15, -0.1) is 0 Å². The predicted molar refractivity (Wildman–Crippen MR) is 85.5 cm³/mol. The minimum atomic E-state index is -0.916. The predicted octanol–water partition coefficient (Wildman–Crippen LogP) is 4.20. The number of para-hydroxylation sites is 2. The Kier molecular flexibility index (Phi) is 3.69. The highest BCUT2D eigenvalue weighted by Gasteiger charge is 2.15. The largest absolute Gasteiger partial charge is 0.480 e. The lowest BCUT2D eigenvalue weighted by Crippen LogP contribution is -2.10. The van der Waals surface area contributed by atoms with Crippen LogP contribution < -0.4 is 0 Å². The van der Waals surface area contributed by atoms with Crippen molar-refractivity contribution in [1.29, 1.82) is 0 Å². The molecule has 2 aromatic carbocycles. The molecule has 0 aliphatic heterocycles. The summed E-state index contributed by atoms with van der Waals surface area (Å²) in [7, 11) is 0. The number of carboxylic acid groups (broad SMARTS) is 1. The van der Waals surface area contributed by atoms with Gasteiger partial charge in [0.25, 0.3) is 0 Å². The molecule has 0 fully saturated rings. The number of halogens is 2. The Morgan fingerprint density at radius 1 is 1.29 bits per heavy atom. The number of imidazole rings is 1. The van der Waals surface area contributed by atoms with Crippen LogP contribution in [0.2, 0.25) is 5.02 Å². The average Bonchev–Trinajstić information content (AvgIpc) is 2.76. The van der Waals surface area contributed by atoms with Crippen LogP contribution in [0.25, 0.3) is 22.4 Å². The molecule has 1 aromatic heterocycles. The maximum absolute atomic E-state index is 11.1. The van der Waals surface area contributed by atoms with E-state index in [1.54, 1.807) is 16.7 Å². The molecule has 0 unspecified atom stereocenters. The van der Waals surface area contributed by atoms with Gasteiger partial charge in [0.05, 0.1) is 11.0 Å². The molecule has 0 aliphatic carbocycles. The normalized spacial score (nSPS) is 11.0. The molecule has 3 rings (SSSR count). The third kappa shape index (κ3) is 2.80. The summed E-state index contributed by atoms with van der Waals surface area (Å²) >= 11 is 9.47. The quantitative estimate of drug-likeness (QED) is 0.756. The molecule has 0 aliphatic rings. The number of fused-ring (bicyclic) bond motifs is 1. The van der Waals surface area contributed by atoms with Crippen LogP contribution in [0.1, 0.15) is 0 Å². The molecule has 0 radical (unpaired) electrons. The minimum Gasteiger partial charge on any atom is -0.480 e. The number of benzene rings is 2. The summed E-state index contributed by atoms with van der Waals surface area (Å²) in [6.07, 6.45) is 0. The number of rotatable bonds is 3. The smallest absolute Gasteiger partial charge is 0.323 e. The van der Waals surface area contributed by atoms with Crippen molar-refractivity contribution >= 4 is 44.5 Å². The van der Waals surface area contributed by atoms with Crippen molar-refractivity contribution in [2.24, 2.45) is 0 Å². The highest BCUT2D eigenvalue weighted by atomic mass is 79.9. The van der Waals surface area contributed by atoms with Crippen molar-refractivity contribution in [2.75, 3.05) is 0 Å². The van der Waals surface area contributed by atoms with E-state index in [9.17, 15) is 4.79 Å². The summed E-state index contributed by atoms with van der Waals surface area (Å²) in [5, 5.41) is 9.70. The molecule has 1 N–H and O–H groups in total. The fraction of sp³-hybridized carbons (Fsp3) is 0.0667. The second-order valence-electron chi connectivity index (χ2n) is 4.56. The zero-order valence-electron chi connectivity index (χ0n) is 10.8. The third-order valence-corrected chi connectivity index (χ3v) is 3.74. The van der Waals surface area contributed by atoms with Crippen molar-refractivity contribution in [3.05, 3.63) is 52.0 Å². The van der Waals surface area contributed by atoms with Gasteiger partial charge in [-0.2, -0.15) is 0 Å². The van der Waals surface area contributed by atoms with E-state index in [1.807, 2.05) is 30.3 Å². The van der Waals surface area contributed by atoms with Crippen LogP contribution in [-0.4, -0.2) is 20.6 Å². The Hall–Kier alpha value is -1.85. The molecule has 0 spiro atoms. The maximum Gasteiger partial charge on any atom is 0.323 e. The Balaban J connectivity index is 2.27. The summed E-state index contributed by atoms with van der Waals surface area (Å²) < 4.78 is 2.49. The number of carboxylic acids is 1. The van der Waals surface area contributed by atoms with Crippen LogP contribution in [0.3, 0.4) is 0 Å². The zero-order valence-corrected chi connectivity index (χ0v) is 13.1. The first-order valence-corrected chi connectivity index (χ1v) is 7.35. The fourth-order valence-corrected chi connectivity index (χ4v) is 3.13. The first-order chi connectivity index (χ1) is 10.0. The zero-order chi connectivity index (χ0) is 15.0. The number of nitrogens with zero attached hydrogens (tertiary/aromatic N) is 2. The molecular formula is C15H10BrClN2O2. The Bertz CT molecular complexity index is 825. The Morgan fingerprint density at radius 3 is 2.76 bits per heavy atom. The van der Waals surface area contributed by atoms with Crippen LogP contribution in [-0.2, 0) is 11.3 Å². The van der Waals surface area contributed by atoms with E-state index in [2.05, 4.69) is 20.9 Å². The monoisotopic (exact) mass is 364 g/mol. The van der Waals surface area contributed by atoms with Gasteiger partial charge in [-0.25, -0.2) is 4.98 Å². The SMILES string of the molecule is O=C(O)Cn1c(-c2cc(Cl)cc(Br)c2)nc2ccccc21. The van der Waals surface area contributed by atoms with E-state index >= 15 is 0 Å². The number of hydrogen-bond donors (Lipinski definition) is 1. The first-order valence-electron chi connectivity index (χ1n) is 6.18. The third-order valence-electron chi connectivity index (χ3n) is 3.07. The lowest BCUT2D eigenvalue weighted by atomic mass is 10.2. The summed E-state index contributed by atoms with van der Waals surface area (Å²) in [5.74, 6) is -0.331. The van der Waals surface area contributed by atoms with Gasteiger partial charge in [-0.05, 0) is 30.3 Å². The Labute approximate surface area is 134 Å². The number of aromatic nitrogens is 2. The molecule has 1 heterocycles. The highest BCUT2D eigenvalue weighted by molar-refractivity contribution is 9.10. The van der Waals surface area contributed by atoms with E-state index in [1.165, 1.54) is 0 Å². The van der Waals surface area contributed by atoms with Crippen molar-refractivity contribution in [1.82, 2.24) is 9.55 Å². The average molecular weight is 366 g/mol. The summed E-state index contributed by atoms with van der Waals surface area (Å²) in [4.78, 5) is 15.7. The fourth-order valence-electron chi connectivity index (χ4n) is 2.27. The van der Waals surface area contributed by atoms with Crippen LogP contribution >= 0.6 is 27.5 Å². The second kappa shape index (κ2) is 5.50. The molecular weight excluding hydrogens is 356 g/mol. The first kappa shape index (κ1) is 14.1. The molecule has 0 atom stereocenters. The second-order valence-corrected chi connectivity index (χ2v) is 5.91. The molecule has 0 saturated heterocycles. The van der Waals surface area contributed by atoms with Crippen molar-refractivity contribution in [3.63, 3.8) is 0 Å². The van der Waals surface area contributed by atoms with E-state index < -0.39 is 5.97 Å². The molecule has 4 nitrogen and oxygen atoms in total. The van der Waals surface area contributed by atoms with Crippen LogP contribution in [0.4, 0.5) is 0 Å². The molecule has 0 amide bonds. The summed E-state index contributed by atoms with van der Waals surface area (Å²) in [5.41, 5.74) is 2.31. The van der Waals surface area contributed by atoms with Gasteiger partial charge in [0.15, 0.2) is 0 Å². The van der Waals surface area contributed by atoms with Crippen molar-refractivity contribution in [2.45, 2.75) is 6.54 Å². The number of hydrogen-bond acceptors (Lipinski definition) is 2. The highest BCUT2D eigenvalue weighted by Crippen LogP contribution is 2.29. The van der Waals surface area contributed by atoms with Crippen molar-refractivity contribution < 1.29 is 9.90 Å². The van der Waals surface area contributed by atoms with E-state index in [4.69, 9.17) is 16.7 Å². The van der Waals surface area contributed by atoms with Gasteiger partial charge < -0.3 is 9.67 Å². The van der Waals surface area contributed by atoms with Crippen LogP contribution in [0, 0.1) is 0 Å². The van der Waals surface area contributed by atoms with E-state index in [0.29, 0.717) is 10.8 Å².